The average molecular weight is 283 g/mol. The third kappa shape index (κ3) is 3.48. The number of ether oxygens (including phenoxy) is 1. The summed E-state index contributed by atoms with van der Waals surface area (Å²) in [5, 5.41) is 3.18. The summed E-state index contributed by atoms with van der Waals surface area (Å²) in [6.45, 7) is 4.06. The Kier molecular flexibility index (Phi) is 4.16. The summed E-state index contributed by atoms with van der Waals surface area (Å²) in [5.41, 5.74) is 2.18. The van der Waals surface area contributed by atoms with Gasteiger partial charge < -0.3 is 10.1 Å². The van der Waals surface area contributed by atoms with Gasteiger partial charge in [-0.15, -0.1) is 0 Å². The molecule has 1 aromatic rings. The Morgan fingerprint density at radius 2 is 2.16 bits per heavy atom. The number of benzene rings is 1. The fourth-order valence-corrected chi connectivity index (χ4v) is 3.88. The van der Waals surface area contributed by atoms with Crippen molar-refractivity contribution in [1.29, 1.82) is 0 Å². The number of aryl methyl sites for hydroxylation is 1. The number of hydrogen-bond acceptors (Lipinski definition) is 4. The quantitative estimate of drug-likeness (QED) is 0.916. The van der Waals surface area contributed by atoms with Crippen LogP contribution in [0, 0.1) is 6.92 Å². The predicted octanol–water partition coefficient (Wildman–Crippen LogP) is 1.84. The lowest BCUT2D eigenvalue weighted by atomic mass is 10.0. The van der Waals surface area contributed by atoms with E-state index in [0.29, 0.717) is 6.42 Å². The molecule has 1 N–H and O–H groups in total. The van der Waals surface area contributed by atoms with Crippen molar-refractivity contribution in [3.05, 3.63) is 29.3 Å². The minimum absolute atomic E-state index is 0.133. The van der Waals surface area contributed by atoms with Crippen LogP contribution in [0.1, 0.15) is 30.5 Å². The molecule has 0 spiro atoms. The Bertz CT molecular complexity index is 554. The normalized spacial score (nSPS) is 23.2. The summed E-state index contributed by atoms with van der Waals surface area (Å²) in [4.78, 5) is 0. The van der Waals surface area contributed by atoms with Gasteiger partial charge in [-0.2, -0.15) is 0 Å². The molecule has 1 aromatic carbocycles. The van der Waals surface area contributed by atoms with Crippen molar-refractivity contribution in [3.63, 3.8) is 0 Å². The van der Waals surface area contributed by atoms with Crippen molar-refractivity contribution in [2.75, 3.05) is 18.6 Å². The Balaban J connectivity index is 2.21. The van der Waals surface area contributed by atoms with E-state index in [1.807, 2.05) is 32.2 Å². The molecule has 106 valence electrons. The van der Waals surface area contributed by atoms with Crippen molar-refractivity contribution in [2.24, 2.45) is 0 Å². The first-order valence-electron chi connectivity index (χ1n) is 6.56. The van der Waals surface area contributed by atoms with Crippen LogP contribution in [0.25, 0.3) is 0 Å². The largest absolute Gasteiger partial charge is 0.489 e. The topological polar surface area (TPSA) is 55.4 Å². The second kappa shape index (κ2) is 5.51. The molecule has 0 radical (unpaired) electrons. The van der Waals surface area contributed by atoms with Gasteiger partial charge >= 0.3 is 0 Å². The Morgan fingerprint density at radius 1 is 1.42 bits per heavy atom. The lowest BCUT2D eigenvalue weighted by molar-refractivity contribution is 0.225. The van der Waals surface area contributed by atoms with E-state index in [0.717, 1.165) is 16.9 Å². The molecule has 1 fully saturated rings. The number of sulfone groups is 1. The van der Waals surface area contributed by atoms with E-state index in [2.05, 4.69) is 12.2 Å². The summed E-state index contributed by atoms with van der Waals surface area (Å²) >= 11 is 0. The second-order valence-corrected chi connectivity index (χ2v) is 7.42. The van der Waals surface area contributed by atoms with E-state index in [1.165, 1.54) is 0 Å². The molecule has 1 saturated heterocycles. The molecule has 4 nitrogen and oxygen atoms in total. The van der Waals surface area contributed by atoms with Gasteiger partial charge in [-0.05, 0) is 38.9 Å². The molecule has 1 aliphatic heterocycles. The lowest BCUT2D eigenvalue weighted by Gasteiger charge is -2.20. The van der Waals surface area contributed by atoms with Crippen LogP contribution in [0.2, 0.25) is 0 Å². The van der Waals surface area contributed by atoms with Gasteiger partial charge in [-0.3, -0.25) is 0 Å². The van der Waals surface area contributed by atoms with E-state index in [-0.39, 0.29) is 23.7 Å². The van der Waals surface area contributed by atoms with Crippen LogP contribution >= 0.6 is 0 Å². The molecule has 0 saturated carbocycles. The number of rotatable bonds is 4. The van der Waals surface area contributed by atoms with Gasteiger partial charge in [-0.25, -0.2) is 8.42 Å². The van der Waals surface area contributed by atoms with Crippen molar-refractivity contribution in [1.82, 2.24) is 5.32 Å². The molecule has 1 heterocycles. The van der Waals surface area contributed by atoms with Gasteiger partial charge in [0.25, 0.3) is 0 Å². The SMILES string of the molecule is CNC(C)c1ccc(C)cc1OC1CCS(=O)(=O)C1. The van der Waals surface area contributed by atoms with Gasteiger partial charge in [-0.1, -0.05) is 12.1 Å². The lowest BCUT2D eigenvalue weighted by Crippen LogP contribution is -2.20. The smallest absolute Gasteiger partial charge is 0.154 e. The molecule has 5 heteroatoms. The second-order valence-electron chi connectivity index (χ2n) is 5.19. The maximum Gasteiger partial charge on any atom is 0.154 e. The third-order valence-corrected chi connectivity index (χ3v) is 5.29. The van der Waals surface area contributed by atoms with Crippen LogP contribution in [0.5, 0.6) is 5.75 Å². The summed E-state index contributed by atoms with van der Waals surface area (Å²) < 4.78 is 28.9. The van der Waals surface area contributed by atoms with E-state index >= 15 is 0 Å². The van der Waals surface area contributed by atoms with E-state index < -0.39 is 9.84 Å². The van der Waals surface area contributed by atoms with Crippen molar-refractivity contribution >= 4 is 9.84 Å². The molecule has 2 atom stereocenters. The highest BCUT2D eigenvalue weighted by Crippen LogP contribution is 2.29. The molecule has 0 aliphatic carbocycles. The monoisotopic (exact) mass is 283 g/mol. The summed E-state index contributed by atoms with van der Waals surface area (Å²) in [6, 6.07) is 6.23. The van der Waals surface area contributed by atoms with Crippen molar-refractivity contribution in [2.45, 2.75) is 32.4 Å². The van der Waals surface area contributed by atoms with Crippen molar-refractivity contribution < 1.29 is 13.2 Å². The van der Waals surface area contributed by atoms with Gasteiger partial charge in [0, 0.05) is 11.6 Å². The molecular formula is C14H21NO3S. The van der Waals surface area contributed by atoms with Crippen LogP contribution < -0.4 is 10.1 Å². The van der Waals surface area contributed by atoms with E-state index in [1.54, 1.807) is 0 Å². The molecule has 0 amide bonds. The zero-order valence-electron chi connectivity index (χ0n) is 11.6. The first-order chi connectivity index (χ1) is 8.91. The first kappa shape index (κ1) is 14.3. The van der Waals surface area contributed by atoms with Gasteiger partial charge in [0.05, 0.1) is 11.5 Å². The summed E-state index contributed by atoms with van der Waals surface area (Å²) in [6.07, 6.45) is 0.374. The van der Waals surface area contributed by atoms with Gasteiger partial charge in [0.2, 0.25) is 0 Å². The minimum Gasteiger partial charge on any atom is -0.489 e. The Morgan fingerprint density at radius 3 is 2.74 bits per heavy atom. The highest BCUT2D eigenvalue weighted by Gasteiger charge is 2.30. The van der Waals surface area contributed by atoms with Gasteiger partial charge in [0.15, 0.2) is 9.84 Å². The van der Waals surface area contributed by atoms with E-state index in [4.69, 9.17) is 4.74 Å². The maximum absolute atomic E-state index is 11.5. The van der Waals surface area contributed by atoms with Crippen LogP contribution in [0.15, 0.2) is 18.2 Å². The third-order valence-electron chi connectivity index (χ3n) is 3.55. The molecule has 2 unspecified atom stereocenters. The molecular weight excluding hydrogens is 262 g/mol. The minimum atomic E-state index is -2.90. The molecule has 19 heavy (non-hydrogen) atoms. The molecule has 1 aliphatic rings. The fraction of sp³-hybridized carbons (Fsp3) is 0.571. The van der Waals surface area contributed by atoms with Crippen molar-refractivity contribution in [3.8, 4) is 5.75 Å². The van der Waals surface area contributed by atoms with E-state index in [9.17, 15) is 8.42 Å². The Labute approximate surface area is 115 Å². The first-order valence-corrected chi connectivity index (χ1v) is 8.38. The zero-order chi connectivity index (χ0) is 14.0. The number of nitrogens with one attached hydrogen (secondary N) is 1. The van der Waals surface area contributed by atoms with Crippen LogP contribution in [-0.2, 0) is 9.84 Å². The fourth-order valence-electron chi connectivity index (χ4n) is 2.29. The summed E-state index contributed by atoms with van der Waals surface area (Å²) in [7, 11) is -1.01. The highest BCUT2D eigenvalue weighted by atomic mass is 32.2. The molecule has 0 bridgehead atoms. The maximum atomic E-state index is 11.5. The molecule has 2 rings (SSSR count). The highest BCUT2D eigenvalue weighted by molar-refractivity contribution is 7.91. The summed E-state index contributed by atoms with van der Waals surface area (Å²) in [5.74, 6) is 1.17. The number of hydrogen-bond donors (Lipinski definition) is 1. The van der Waals surface area contributed by atoms with Crippen LogP contribution in [0.3, 0.4) is 0 Å². The van der Waals surface area contributed by atoms with Crippen LogP contribution in [-0.4, -0.2) is 33.1 Å². The zero-order valence-corrected chi connectivity index (χ0v) is 12.5. The molecule has 0 aromatic heterocycles. The van der Waals surface area contributed by atoms with Gasteiger partial charge in [0.1, 0.15) is 11.9 Å². The average Bonchev–Trinajstić information content (AvgIpc) is 2.68. The Hall–Kier alpha value is -1.07. The predicted molar refractivity (Wildman–Crippen MR) is 76.3 cm³/mol. The standard InChI is InChI=1S/C14H21NO3S/c1-10-4-5-13(11(2)15-3)14(8-10)18-12-6-7-19(16,17)9-12/h4-5,8,11-12,15H,6-7,9H2,1-3H3. The van der Waals surface area contributed by atoms with Crippen LogP contribution in [0.4, 0.5) is 0 Å².